The van der Waals surface area contributed by atoms with E-state index in [2.05, 4.69) is 64.7 Å². The Labute approximate surface area is 127 Å². The Bertz CT molecular complexity index is 563. The Morgan fingerprint density at radius 3 is 2.68 bits per heavy atom. The van der Waals surface area contributed by atoms with Crippen molar-refractivity contribution < 1.29 is 0 Å². The normalized spacial score (nSPS) is 20.0. The maximum atomic E-state index is 3.57. The average Bonchev–Trinajstić information content (AvgIpc) is 2.86. The topological polar surface area (TPSA) is 12.0 Å². The molecule has 0 radical (unpaired) electrons. The minimum atomic E-state index is 0.477. The van der Waals surface area contributed by atoms with Crippen LogP contribution in [0.3, 0.4) is 0 Å². The summed E-state index contributed by atoms with van der Waals surface area (Å²) >= 11 is 5.42. The number of rotatable bonds is 3. The Balaban J connectivity index is 1.83. The van der Waals surface area contributed by atoms with Gasteiger partial charge in [0.05, 0.1) is 3.79 Å². The number of hydrogen-bond acceptors (Lipinski definition) is 2. The lowest BCUT2D eigenvalue weighted by atomic mass is 9.79. The van der Waals surface area contributed by atoms with Gasteiger partial charge in [-0.15, -0.1) is 11.3 Å². The van der Waals surface area contributed by atoms with E-state index in [1.54, 1.807) is 5.56 Å². The van der Waals surface area contributed by atoms with E-state index in [0.717, 1.165) is 0 Å². The van der Waals surface area contributed by atoms with Crippen molar-refractivity contribution in [2.24, 2.45) is 5.92 Å². The molecule has 0 saturated carbocycles. The van der Waals surface area contributed by atoms with Crippen molar-refractivity contribution in [1.29, 1.82) is 0 Å². The molecule has 2 atom stereocenters. The molecule has 1 aromatic carbocycles. The van der Waals surface area contributed by atoms with Gasteiger partial charge in [-0.3, -0.25) is 0 Å². The van der Waals surface area contributed by atoms with Gasteiger partial charge in [0.1, 0.15) is 0 Å². The number of halogens is 1. The summed E-state index contributed by atoms with van der Waals surface area (Å²) in [6, 6.07) is 13.8. The standard InChI is InChI=1S/C16H18BrNS/c1-18-16(14-8-9-15(17)19-14)13-7-6-11-4-2-3-5-12(11)10-13/h2-5,8-9,13,16,18H,6-7,10H2,1H3. The van der Waals surface area contributed by atoms with E-state index in [0.29, 0.717) is 12.0 Å². The highest BCUT2D eigenvalue weighted by atomic mass is 79.9. The molecule has 0 amide bonds. The van der Waals surface area contributed by atoms with Gasteiger partial charge < -0.3 is 5.32 Å². The van der Waals surface area contributed by atoms with E-state index in [1.165, 1.54) is 33.5 Å². The number of aryl methyl sites for hydroxylation is 1. The van der Waals surface area contributed by atoms with Crippen molar-refractivity contribution in [2.75, 3.05) is 7.05 Å². The van der Waals surface area contributed by atoms with Crippen LogP contribution in [0.4, 0.5) is 0 Å². The van der Waals surface area contributed by atoms with Gasteiger partial charge in [0.15, 0.2) is 0 Å². The maximum Gasteiger partial charge on any atom is 0.0701 e. The molecule has 2 aromatic rings. The molecule has 1 aliphatic rings. The first-order chi connectivity index (χ1) is 9.28. The molecule has 0 aliphatic heterocycles. The van der Waals surface area contributed by atoms with Crippen LogP contribution in [0.1, 0.15) is 28.5 Å². The largest absolute Gasteiger partial charge is 0.312 e. The summed E-state index contributed by atoms with van der Waals surface area (Å²) in [5, 5.41) is 3.52. The summed E-state index contributed by atoms with van der Waals surface area (Å²) in [6.07, 6.45) is 3.68. The van der Waals surface area contributed by atoms with Crippen molar-refractivity contribution in [1.82, 2.24) is 5.32 Å². The number of fused-ring (bicyclic) bond motifs is 1. The highest BCUT2D eigenvalue weighted by molar-refractivity contribution is 9.11. The molecule has 0 bridgehead atoms. The average molecular weight is 336 g/mol. The highest BCUT2D eigenvalue weighted by Gasteiger charge is 2.27. The lowest BCUT2D eigenvalue weighted by Crippen LogP contribution is -2.29. The Hall–Kier alpha value is -0.640. The van der Waals surface area contributed by atoms with Gasteiger partial charge in [-0.2, -0.15) is 0 Å². The van der Waals surface area contributed by atoms with Gasteiger partial charge in [-0.05, 0) is 71.4 Å². The summed E-state index contributed by atoms with van der Waals surface area (Å²) in [7, 11) is 2.08. The molecular formula is C16H18BrNS. The fourth-order valence-corrected chi connectivity index (χ4v) is 4.74. The fraction of sp³-hybridized carbons (Fsp3) is 0.375. The summed E-state index contributed by atoms with van der Waals surface area (Å²) in [4.78, 5) is 1.44. The van der Waals surface area contributed by atoms with E-state index >= 15 is 0 Å². The molecule has 0 saturated heterocycles. The second-order valence-corrected chi connectivity index (χ2v) is 7.67. The second kappa shape index (κ2) is 5.78. The molecule has 3 heteroatoms. The zero-order valence-electron chi connectivity index (χ0n) is 11.0. The summed E-state index contributed by atoms with van der Waals surface area (Å²) in [5.74, 6) is 0.699. The maximum absolute atomic E-state index is 3.57. The third-order valence-electron chi connectivity index (χ3n) is 4.07. The van der Waals surface area contributed by atoms with Gasteiger partial charge in [0, 0.05) is 10.9 Å². The van der Waals surface area contributed by atoms with E-state index in [-0.39, 0.29) is 0 Å². The minimum Gasteiger partial charge on any atom is -0.312 e. The van der Waals surface area contributed by atoms with Crippen LogP contribution in [0.2, 0.25) is 0 Å². The molecule has 0 spiro atoms. The van der Waals surface area contributed by atoms with Crippen molar-refractivity contribution in [2.45, 2.75) is 25.3 Å². The number of thiophene rings is 1. The van der Waals surface area contributed by atoms with E-state index < -0.39 is 0 Å². The second-order valence-electron chi connectivity index (χ2n) is 5.18. The molecule has 1 aliphatic carbocycles. The molecule has 1 nitrogen and oxygen atoms in total. The first-order valence-electron chi connectivity index (χ1n) is 6.77. The number of hydrogen-bond donors (Lipinski definition) is 1. The van der Waals surface area contributed by atoms with Crippen LogP contribution in [0.5, 0.6) is 0 Å². The van der Waals surface area contributed by atoms with Gasteiger partial charge in [-0.25, -0.2) is 0 Å². The zero-order chi connectivity index (χ0) is 13.2. The van der Waals surface area contributed by atoms with Crippen LogP contribution in [0, 0.1) is 5.92 Å². The van der Waals surface area contributed by atoms with E-state index in [1.807, 2.05) is 11.3 Å². The predicted octanol–water partition coefficient (Wildman–Crippen LogP) is 4.58. The molecule has 19 heavy (non-hydrogen) atoms. The summed E-state index contributed by atoms with van der Waals surface area (Å²) in [6.45, 7) is 0. The van der Waals surface area contributed by atoms with Crippen LogP contribution >= 0.6 is 27.3 Å². The summed E-state index contributed by atoms with van der Waals surface area (Å²) < 4.78 is 1.22. The molecule has 3 rings (SSSR count). The molecular weight excluding hydrogens is 318 g/mol. The molecule has 0 fully saturated rings. The quantitative estimate of drug-likeness (QED) is 0.865. The first kappa shape index (κ1) is 13.3. The van der Waals surface area contributed by atoms with Gasteiger partial charge in [0.2, 0.25) is 0 Å². The molecule has 100 valence electrons. The molecule has 1 heterocycles. The zero-order valence-corrected chi connectivity index (χ0v) is 13.4. The molecule has 1 aromatic heterocycles. The lowest BCUT2D eigenvalue weighted by molar-refractivity contribution is 0.346. The van der Waals surface area contributed by atoms with Crippen molar-refractivity contribution in [3.63, 3.8) is 0 Å². The Kier molecular flexibility index (Phi) is 4.06. The Morgan fingerprint density at radius 1 is 1.21 bits per heavy atom. The van der Waals surface area contributed by atoms with Crippen LogP contribution in [0.15, 0.2) is 40.2 Å². The molecule has 1 N–H and O–H groups in total. The highest BCUT2D eigenvalue weighted by Crippen LogP contribution is 2.37. The number of nitrogens with one attached hydrogen (secondary N) is 1. The van der Waals surface area contributed by atoms with Gasteiger partial charge in [0.25, 0.3) is 0 Å². The monoisotopic (exact) mass is 335 g/mol. The Morgan fingerprint density at radius 2 is 2.00 bits per heavy atom. The van der Waals surface area contributed by atoms with Crippen LogP contribution in [-0.2, 0) is 12.8 Å². The first-order valence-corrected chi connectivity index (χ1v) is 8.38. The van der Waals surface area contributed by atoms with Crippen LogP contribution in [0.25, 0.3) is 0 Å². The van der Waals surface area contributed by atoms with Crippen LogP contribution < -0.4 is 5.32 Å². The molecule has 2 unspecified atom stereocenters. The lowest BCUT2D eigenvalue weighted by Gasteiger charge is -2.31. The SMILES string of the molecule is CNC(c1ccc(Br)s1)C1CCc2ccccc2C1. The van der Waals surface area contributed by atoms with E-state index in [9.17, 15) is 0 Å². The third kappa shape index (κ3) is 2.78. The smallest absolute Gasteiger partial charge is 0.0701 e. The van der Waals surface area contributed by atoms with Crippen molar-refractivity contribution >= 4 is 27.3 Å². The predicted molar refractivity (Wildman–Crippen MR) is 85.8 cm³/mol. The van der Waals surface area contributed by atoms with Crippen molar-refractivity contribution in [3.05, 3.63) is 56.2 Å². The van der Waals surface area contributed by atoms with Gasteiger partial charge >= 0.3 is 0 Å². The third-order valence-corrected chi connectivity index (χ3v) is 5.77. The summed E-state index contributed by atoms with van der Waals surface area (Å²) in [5.41, 5.74) is 3.08. The van der Waals surface area contributed by atoms with Crippen molar-refractivity contribution in [3.8, 4) is 0 Å². The van der Waals surface area contributed by atoms with Gasteiger partial charge in [-0.1, -0.05) is 24.3 Å². The minimum absolute atomic E-state index is 0.477. The number of benzene rings is 1. The van der Waals surface area contributed by atoms with E-state index in [4.69, 9.17) is 0 Å². The van der Waals surface area contributed by atoms with Crippen LogP contribution in [-0.4, -0.2) is 7.05 Å². The fourth-order valence-electron chi connectivity index (χ4n) is 3.12.